The number of benzene rings is 2. The van der Waals surface area contributed by atoms with E-state index in [-0.39, 0.29) is 60.7 Å². The van der Waals surface area contributed by atoms with Crippen molar-refractivity contribution in [3.8, 4) is 0 Å². The topological polar surface area (TPSA) is 90.4 Å². The first kappa shape index (κ1) is 18.4. The summed E-state index contributed by atoms with van der Waals surface area (Å²) >= 11 is 0. The number of anilines is 3. The molecule has 2 aromatic carbocycles. The van der Waals surface area contributed by atoms with E-state index in [4.69, 9.17) is 15.0 Å². The van der Waals surface area contributed by atoms with Gasteiger partial charge in [-0.3, -0.25) is 0 Å². The number of rotatable bonds is 3. The SMILES string of the molecule is COC(=O)c1cc2c(N)noc2c(F)c1Nc1cc[c-]cc1C.[Y]. The van der Waals surface area contributed by atoms with Crippen molar-refractivity contribution in [3.05, 3.63) is 47.3 Å². The van der Waals surface area contributed by atoms with Crippen LogP contribution in [-0.2, 0) is 37.4 Å². The normalized spacial score (nSPS) is 10.3. The zero-order valence-electron chi connectivity index (χ0n) is 13.0. The van der Waals surface area contributed by atoms with E-state index in [1.54, 1.807) is 18.2 Å². The molecule has 0 saturated carbocycles. The Morgan fingerprint density at radius 2 is 2.25 bits per heavy atom. The Balaban J connectivity index is 0.00000208. The first-order valence-corrected chi connectivity index (χ1v) is 6.72. The van der Waals surface area contributed by atoms with Crippen molar-refractivity contribution in [1.29, 1.82) is 0 Å². The fourth-order valence-corrected chi connectivity index (χ4v) is 2.24. The minimum Gasteiger partial charge on any atom is -0.465 e. The monoisotopic (exact) mass is 403 g/mol. The summed E-state index contributed by atoms with van der Waals surface area (Å²) in [5, 5.41) is 6.64. The summed E-state index contributed by atoms with van der Waals surface area (Å²) in [6.07, 6.45) is 0. The Labute approximate surface area is 162 Å². The number of nitrogens with one attached hydrogen (secondary N) is 1. The van der Waals surface area contributed by atoms with Crippen LogP contribution in [0.1, 0.15) is 15.9 Å². The van der Waals surface area contributed by atoms with Gasteiger partial charge in [0.2, 0.25) is 5.58 Å². The van der Waals surface area contributed by atoms with Crippen LogP contribution in [0.25, 0.3) is 11.0 Å². The molecule has 0 aliphatic carbocycles. The molecule has 0 unspecified atom stereocenters. The fourth-order valence-electron chi connectivity index (χ4n) is 2.24. The predicted octanol–water partition coefficient (Wildman–Crippen LogP) is 3.19. The molecule has 0 bridgehead atoms. The number of fused-ring (bicyclic) bond motifs is 1. The molecule has 1 heterocycles. The van der Waals surface area contributed by atoms with E-state index in [0.717, 1.165) is 5.56 Å². The molecular formula is C16H13FN3O3Y-. The first-order chi connectivity index (χ1) is 11.0. The molecule has 1 aromatic heterocycles. The molecule has 6 nitrogen and oxygen atoms in total. The number of carbonyl (C=O) groups is 1. The molecule has 0 spiro atoms. The zero-order chi connectivity index (χ0) is 16.6. The van der Waals surface area contributed by atoms with Crippen molar-refractivity contribution in [1.82, 2.24) is 5.16 Å². The van der Waals surface area contributed by atoms with Gasteiger partial charge >= 0.3 is 5.97 Å². The van der Waals surface area contributed by atoms with E-state index in [9.17, 15) is 9.18 Å². The molecule has 24 heavy (non-hydrogen) atoms. The Kier molecular flexibility index (Phi) is 5.56. The van der Waals surface area contributed by atoms with E-state index < -0.39 is 11.8 Å². The number of hydrogen-bond donors (Lipinski definition) is 2. The van der Waals surface area contributed by atoms with E-state index in [2.05, 4.69) is 16.5 Å². The van der Waals surface area contributed by atoms with Crippen molar-refractivity contribution in [2.24, 2.45) is 0 Å². The van der Waals surface area contributed by atoms with Gasteiger partial charge in [0.05, 0.1) is 23.7 Å². The largest absolute Gasteiger partial charge is 0.465 e. The summed E-state index contributed by atoms with van der Waals surface area (Å²) < 4.78 is 24.4. The van der Waals surface area contributed by atoms with Gasteiger partial charge in [-0.15, -0.1) is 11.6 Å². The Bertz CT molecular complexity index is 911. The number of aryl methyl sites for hydroxylation is 1. The maximum absolute atomic E-state index is 14.8. The van der Waals surface area contributed by atoms with Crippen LogP contribution < -0.4 is 11.1 Å². The second-order valence-corrected chi connectivity index (χ2v) is 4.92. The maximum Gasteiger partial charge on any atom is 0.340 e. The summed E-state index contributed by atoms with van der Waals surface area (Å²) in [4.78, 5) is 12.0. The van der Waals surface area contributed by atoms with Crippen LogP contribution in [0.4, 0.5) is 21.6 Å². The molecule has 8 heteroatoms. The van der Waals surface area contributed by atoms with Crippen molar-refractivity contribution in [2.75, 3.05) is 18.2 Å². The molecule has 0 atom stereocenters. The zero-order valence-corrected chi connectivity index (χ0v) is 15.9. The summed E-state index contributed by atoms with van der Waals surface area (Å²) in [7, 11) is 1.22. The van der Waals surface area contributed by atoms with E-state index in [1.807, 2.05) is 6.92 Å². The third-order valence-electron chi connectivity index (χ3n) is 3.47. The Morgan fingerprint density at radius 1 is 1.50 bits per heavy atom. The van der Waals surface area contributed by atoms with Gasteiger partial charge in [0.15, 0.2) is 11.6 Å². The molecule has 0 fully saturated rings. The summed E-state index contributed by atoms with van der Waals surface area (Å²) in [5.74, 6) is -1.46. The summed E-state index contributed by atoms with van der Waals surface area (Å²) in [5.41, 5.74) is 6.90. The summed E-state index contributed by atoms with van der Waals surface area (Å²) in [6, 6.07) is 9.44. The molecule has 0 aliphatic heterocycles. The molecule has 0 amide bonds. The van der Waals surface area contributed by atoms with Gasteiger partial charge in [0.1, 0.15) is 0 Å². The smallest absolute Gasteiger partial charge is 0.340 e. The number of hydrogen-bond acceptors (Lipinski definition) is 6. The summed E-state index contributed by atoms with van der Waals surface area (Å²) in [6.45, 7) is 1.83. The quantitative estimate of drug-likeness (QED) is 0.516. The van der Waals surface area contributed by atoms with E-state index >= 15 is 0 Å². The minimum atomic E-state index is -0.765. The van der Waals surface area contributed by atoms with Crippen LogP contribution in [0.3, 0.4) is 0 Å². The van der Waals surface area contributed by atoms with Crippen molar-refractivity contribution in [3.63, 3.8) is 0 Å². The number of esters is 1. The molecule has 3 N–H and O–H groups in total. The van der Waals surface area contributed by atoms with Crippen LogP contribution in [0, 0.1) is 18.8 Å². The van der Waals surface area contributed by atoms with Crippen LogP contribution in [0.5, 0.6) is 0 Å². The number of carbonyl (C=O) groups excluding carboxylic acids is 1. The molecule has 0 saturated heterocycles. The molecule has 0 aliphatic rings. The molecule has 3 aromatic rings. The maximum atomic E-state index is 14.8. The second kappa shape index (κ2) is 7.28. The van der Waals surface area contributed by atoms with Crippen molar-refractivity contribution >= 4 is 34.1 Å². The van der Waals surface area contributed by atoms with Crippen LogP contribution in [0.15, 0.2) is 28.8 Å². The number of aromatic nitrogens is 1. The number of halogens is 1. The van der Waals surface area contributed by atoms with Gasteiger partial charge < -0.3 is 20.3 Å². The predicted molar refractivity (Wildman–Crippen MR) is 83.0 cm³/mol. The number of nitrogens with two attached hydrogens (primary N) is 1. The molecule has 1 radical (unpaired) electrons. The number of ether oxygens (including phenoxy) is 1. The van der Waals surface area contributed by atoms with Gasteiger partial charge in [-0.1, -0.05) is 17.8 Å². The molecule has 121 valence electrons. The Hall–Kier alpha value is -1.99. The number of methoxy groups -OCH3 is 1. The van der Waals surface area contributed by atoms with Crippen molar-refractivity contribution in [2.45, 2.75) is 6.92 Å². The van der Waals surface area contributed by atoms with Gasteiger partial charge in [0, 0.05) is 32.7 Å². The van der Waals surface area contributed by atoms with Crippen LogP contribution in [-0.4, -0.2) is 18.2 Å². The molecular weight excluding hydrogens is 390 g/mol. The van der Waals surface area contributed by atoms with Crippen molar-refractivity contribution < 1.29 is 51.2 Å². The average Bonchev–Trinajstić information content (AvgIpc) is 2.92. The third-order valence-corrected chi connectivity index (χ3v) is 3.47. The van der Waals surface area contributed by atoms with E-state index in [1.165, 1.54) is 13.2 Å². The van der Waals surface area contributed by atoms with Crippen LogP contribution in [0.2, 0.25) is 0 Å². The van der Waals surface area contributed by atoms with Gasteiger partial charge in [-0.2, -0.15) is 18.2 Å². The first-order valence-electron chi connectivity index (χ1n) is 6.72. The average molecular weight is 403 g/mol. The third kappa shape index (κ3) is 3.14. The minimum absolute atomic E-state index is 0. The van der Waals surface area contributed by atoms with Gasteiger partial charge in [-0.05, 0) is 6.07 Å². The number of nitrogen functional groups attached to an aromatic ring is 1. The second-order valence-electron chi connectivity index (χ2n) is 4.92. The standard InChI is InChI=1S/C16H13FN3O3.Y/c1-8-5-3-4-6-11(8)19-13-9(16(21)22-2)7-10-14(12(13)17)23-20-15(10)18;/h4-7,19H,1-2H3,(H2,18,20);/q-1;. The Morgan fingerprint density at radius 3 is 2.92 bits per heavy atom. The molecule has 3 rings (SSSR count). The van der Waals surface area contributed by atoms with Gasteiger partial charge in [-0.25, -0.2) is 9.18 Å². The van der Waals surface area contributed by atoms with Crippen LogP contribution >= 0.6 is 0 Å². The van der Waals surface area contributed by atoms with Gasteiger partial charge in [0.25, 0.3) is 0 Å². The number of nitrogens with zero attached hydrogens (tertiary/aromatic N) is 1. The fraction of sp³-hybridized carbons (Fsp3) is 0.125. The van der Waals surface area contributed by atoms with E-state index in [0.29, 0.717) is 5.69 Å².